The molecule has 9 heteroatoms. The summed E-state index contributed by atoms with van der Waals surface area (Å²) < 4.78 is 39.0. The summed E-state index contributed by atoms with van der Waals surface area (Å²) in [6.45, 7) is 0.604. The van der Waals surface area contributed by atoms with Crippen molar-refractivity contribution < 1.29 is 22.4 Å². The summed E-state index contributed by atoms with van der Waals surface area (Å²) in [6.07, 6.45) is 0.639. The number of nitrogens with zero attached hydrogens (tertiary/aromatic N) is 3. The molecule has 0 bridgehead atoms. The highest BCUT2D eigenvalue weighted by Gasteiger charge is 2.31. The standard InChI is InChI=1S/C16H21N3O5S/c1-19(12-7-8-25(20,21)11-12)9-16-17-15(18-24-16)10-23-14-5-3-13(22-2)4-6-14/h3-6,12H,7-11H2,1-2H3/t12-/m1/s1. The minimum atomic E-state index is -2.91. The van der Waals surface area contributed by atoms with Gasteiger partial charge >= 0.3 is 0 Å². The molecule has 8 nitrogen and oxygen atoms in total. The second-order valence-corrected chi connectivity index (χ2v) is 8.27. The quantitative estimate of drug-likeness (QED) is 0.722. The predicted octanol–water partition coefficient (Wildman–Crippen LogP) is 1.28. The molecule has 0 radical (unpaired) electrons. The molecule has 0 spiro atoms. The monoisotopic (exact) mass is 367 g/mol. The Morgan fingerprint density at radius 3 is 2.64 bits per heavy atom. The summed E-state index contributed by atoms with van der Waals surface area (Å²) >= 11 is 0. The number of benzene rings is 1. The van der Waals surface area contributed by atoms with Crippen LogP contribution in [0.1, 0.15) is 18.1 Å². The number of sulfone groups is 1. The van der Waals surface area contributed by atoms with E-state index in [1.165, 1.54) is 0 Å². The largest absolute Gasteiger partial charge is 0.497 e. The van der Waals surface area contributed by atoms with Gasteiger partial charge in [0.15, 0.2) is 16.4 Å². The Labute approximate surface area is 146 Å². The van der Waals surface area contributed by atoms with Gasteiger partial charge in [0.25, 0.3) is 0 Å². The second-order valence-electron chi connectivity index (χ2n) is 6.04. The van der Waals surface area contributed by atoms with Crippen molar-refractivity contribution >= 4 is 9.84 Å². The summed E-state index contributed by atoms with van der Waals surface area (Å²) in [5.41, 5.74) is 0. The maximum atomic E-state index is 11.6. The normalized spacial score (nSPS) is 19.2. The van der Waals surface area contributed by atoms with Crippen LogP contribution in [0.5, 0.6) is 11.5 Å². The van der Waals surface area contributed by atoms with Crippen molar-refractivity contribution in [1.29, 1.82) is 0 Å². The Bertz CT molecular complexity index is 803. The summed E-state index contributed by atoms with van der Waals surface area (Å²) in [7, 11) is 0.561. The van der Waals surface area contributed by atoms with Gasteiger partial charge in [0, 0.05) is 6.04 Å². The van der Waals surface area contributed by atoms with E-state index in [9.17, 15) is 8.42 Å². The number of hydrogen-bond donors (Lipinski definition) is 0. The Kier molecular flexibility index (Phi) is 5.24. The van der Waals surface area contributed by atoms with Crippen molar-refractivity contribution in [2.24, 2.45) is 0 Å². The van der Waals surface area contributed by atoms with Crippen molar-refractivity contribution in [3.05, 3.63) is 36.0 Å². The van der Waals surface area contributed by atoms with Crippen LogP contribution in [0.3, 0.4) is 0 Å². The highest BCUT2D eigenvalue weighted by molar-refractivity contribution is 7.91. The van der Waals surface area contributed by atoms with Crippen molar-refractivity contribution in [2.75, 3.05) is 25.7 Å². The molecule has 1 aliphatic heterocycles. The minimum absolute atomic E-state index is 0.00380. The molecule has 0 amide bonds. The van der Waals surface area contributed by atoms with E-state index in [0.29, 0.717) is 30.4 Å². The first-order chi connectivity index (χ1) is 11.9. The van der Waals surface area contributed by atoms with Gasteiger partial charge in [-0.2, -0.15) is 4.98 Å². The molecule has 1 saturated heterocycles. The first-order valence-electron chi connectivity index (χ1n) is 7.94. The number of ether oxygens (including phenoxy) is 2. The molecule has 1 aromatic carbocycles. The third kappa shape index (κ3) is 4.70. The fourth-order valence-corrected chi connectivity index (χ4v) is 4.50. The fraction of sp³-hybridized carbons (Fsp3) is 0.500. The van der Waals surface area contributed by atoms with E-state index in [4.69, 9.17) is 14.0 Å². The highest BCUT2D eigenvalue weighted by atomic mass is 32.2. The predicted molar refractivity (Wildman–Crippen MR) is 90.1 cm³/mol. The van der Waals surface area contributed by atoms with Gasteiger partial charge in [0.1, 0.15) is 11.5 Å². The van der Waals surface area contributed by atoms with Crippen LogP contribution in [0, 0.1) is 0 Å². The molecule has 1 aliphatic rings. The summed E-state index contributed by atoms with van der Waals surface area (Å²) in [4.78, 5) is 6.22. The van der Waals surface area contributed by atoms with E-state index in [1.54, 1.807) is 19.2 Å². The van der Waals surface area contributed by atoms with Crippen LogP contribution in [-0.4, -0.2) is 55.2 Å². The van der Waals surface area contributed by atoms with Gasteiger partial charge in [-0.3, -0.25) is 4.90 Å². The van der Waals surface area contributed by atoms with Gasteiger partial charge in [0.05, 0.1) is 25.2 Å². The van der Waals surface area contributed by atoms with Crippen LogP contribution in [0.2, 0.25) is 0 Å². The molecule has 3 rings (SSSR count). The van der Waals surface area contributed by atoms with Crippen molar-refractivity contribution in [1.82, 2.24) is 15.0 Å². The first kappa shape index (κ1) is 17.7. The Morgan fingerprint density at radius 1 is 1.28 bits per heavy atom. The Balaban J connectivity index is 1.51. The van der Waals surface area contributed by atoms with Gasteiger partial charge < -0.3 is 14.0 Å². The maximum absolute atomic E-state index is 11.6. The van der Waals surface area contributed by atoms with Crippen LogP contribution >= 0.6 is 0 Å². The zero-order chi connectivity index (χ0) is 17.9. The molecule has 0 unspecified atom stereocenters. The zero-order valence-electron chi connectivity index (χ0n) is 14.2. The topological polar surface area (TPSA) is 94.8 Å². The average Bonchev–Trinajstić information content (AvgIpc) is 3.19. The maximum Gasteiger partial charge on any atom is 0.240 e. The molecule has 25 heavy (non-hydrogen) atoms. The zero-order valence-corrected chi connectivity index (χ0v) is 15.0. The first-order valence-corrected chi connectivity index (χ1v) is 9.76. The Hall–Kier alpha value is -2.13. The molecule has 0 N–H and O–H groups in total. The van der Waals surface area contributed by atoms with Gasteiger partial charge in [-0.15, -0.1) is 0 Å². The van der Waals surface area contributed by atoms with Crippen LogP contribution in [-0.2, 0) is 23.0 Å². The molecule has 1 fully saturated rings. The third-order valence-corrected chi connectivity index (χ3v) is 5.90. The van der Waals surface area contributed by atoms with E-state index in [-0.39, 0.29) is 24.2 Å². The van der Waals surface area contributed by atoms with E-state index in [1.807, 2.05) is 24.1 Å². The van der Waals surface area contributed by atoms with E-state index >= 15 is 0 Å². The lowest BCUT2D eigenvalue weighted by atomic mass is 10.2. The molecular weight excluding hydrogens is 346 g/mol. The summed E-state index contributed by atoms with van der Waals surface area (Å²) in [6, 6.07) is 7.21. The molecule has 136 valence electrons. The van der Waals surface area contributed by atoms with Gasteiger partial charge in [0.2, 0.25) is 11.7 Å². The van der Waals surface area contributed by atoms with E-state index < -0.39 is 9.84 Å². The van der Waals surface area contributed by atoms with Gasteiger partial charge in [-0.1, -0.05) is 5.16 Å². The minimum Gasteiger partial charge on any atom is -0.497 e. The van der Waals surface area contributed by atoms with Gasteiger partial charge in [-0.05, 0) is 37.7 Å². The fourth-order valence-electron chi connectivity index (χ4n) is 2.70. The number of rotatable bonds is 7. The lowest BCUT2D eigenvalue weighted by Crippen LogP contribution is -2.32. The number of aromatic nitrogens is 2. The smallest absolute Gasteiger partial charge is 0.240 e. The van der Waals surface area contributed by atoms with Crippen molar-refractivity contribution in [3.8, 4) is 11.5 Å². The van der Waals surface area contributed by atoms with Crippen LogP contribution < -0.4 is 9.47 Å². The third-order valence-electron chi connectivity index (χ3n) is 4.15. The summed E-state index contributed by atoms with van der Waals surface area (Å²) in [5.74, 6) is 2.75. The Morgan fingerprint density at radius 2 is 2.00 bits per heavy atom. The molecule has 2 aromatic rings. The highest BCUT2D eigenvalue weighted by Crippen LogP contribution is 2.19. The molecular formula is C16H21N3O5S. The number of hydrogen-bond acceptors (Lipinski definition) is 8. The lowest BCUT2D eigenvalue weighted by Gasteiger charge is -2.20. The number of methoxy groups -OCH3 is 1. The molecule has 1 atom stereocenters. The van der Waals surface area contributed by atoms with Crippen LogP contribution in [0.25, 0.3) is 0 Å². The molecule has 0 aliphatic carbocycles. The van der Waals surface area contributed by atoms with E-state index in [0.717, 1.165) is 5.75 Å². The SMILES string of the molecule is COc1ccc(OCc2noc(CN(C)[C@@H]3CCS(=O)(=O)C3)n2)cc1. The summed E-state index contributed by atoms with van der Waals surface area (Å²) in [5, 5.41) is 3.89. The van der Waals surface area contributed by atoms with Gasteiger partial charge in [-0.25, -0.2) is 8.42 Å². The van der Waals surface area contributed by atoms with Crippen LogP contribution in [0.4, 0.5) is 0 Å². The molecule has 1 aromatic heterocycles. The van der Waals surface area contributed by atoms with E-state index in [2.05, 4.69) is 10.1 Å². The van der Waals surface area contributed by atoms with Crippen molar-refractivity contribution in [2.45, 2.75) is 25.6 Å². The second kappa shape index (κ2) is 7.40. The van der Waals surface area contributed by atoms with Crippen molar-refractivity contribution in [3.63, 3.8) is 0 Å². The molecule has 0 saturated carbocycles. The van der Waals surface area contributed by atoms with Crippen LogP contribution in [0.15, 0.2) is 28.8 Å². The average molecular weight is 367 g/mol. The molecule has 2 heterocycles. The lowest BCUT2D eigenvalue weighted by molar-refractivity contribution is 0.217.